The highest BCUT2D eigenvalue weighted by molar-refractivity contribution is 6.02. The predicted octanol–water partition coefficient (Wildman–Crippen LogP) is 3.99. The van der Waals surface area contributed by atoms with Crippen LogP contribution in [0.3, 0.4) is 0 Å². The first-order valence-electron chi connectivity index (χ1n) is 14.8. The number of rotatable bonds is 2. The van der Waals surface area contributed by atoms with Gasteiger partial charge in [-0.25, -0.2) is 14.4 Å². The lowest BCUT2D eigenvalue weighted by Gasteiger charge is -2.46. The Bertz CT molecular complexity index is 1850. The van der Waals surface area contributed by atoms with E-state index in [1.54, 1.807) is 12.1 Å². The molecule has 8 nitrogen and oxygen atoms in total. The van der Waals surface area contributed by atoms with E-state index in [0.29, 0.717) is 45.1 Å². The van der Waals surface area contributed by atoms with Crippen LogP contribution in [0.2, 0.25) is 0 Å². The quantitative estimate of drug-likeness (QED) is 0.357. The summed E-state index contributed by atoms with van der Waals surface area (Å²) in [6.07, 6.45) is 12.3. The highest BCUT2D eigenvalue weighted by atomic mass is 19.1. The van der Waals surface area contributed by atoms with E-state index in [-0.39, 0.29) is 28.5 Å². The van der Waals surface area contributed by atoms with Gasteiger partial charge in [-0.15, -0.1) is 16.6 Å². The number of benzene rings is 2. The highest BCUT2D eigenvalue weighted by Gasteiger charge is 2.43. The molecule has 0 unspecified atom stereocenters. The van der Waals surface area contributed by atoms with Crippen molar-refractivity contribution in [3.63, 3.8) is 0 Å². The second-order valence-corrected chi connectivity index (χ2v) is 11.9. The largest absolute Gasteiger partial charge is 0.508 e. The molecule has 2 aromatic carbocycles. The molecule has 5 aliphatic heterocycles. The van der Waals surface area contributed by atoms with Crippen LogP contribution in [0.15, 0.2) is 30.3 Å². The molecule has 2 atom stereocenters. The second-order valence-electron chi connectivity index (χ2n) is 11.9. The average Bonchev–Trinajstić information content (AvgIpc) is 3.60. The number of phenolic OH excluding ortho intramolecular Hbond substituents is 1. The first-order valence-corrected chi connectivity index (χ1v) is 14.8. The van der Waals surface area contributed by atoms with Crippen molar-refractivity contribution >= 4 is 27.6 Å². The van der Waals surface area contributed by atoms with Gasteiger partial charge in [0.05, 0.1) is 5.54 Å². The summed E-state index contributed by atoms with van der Waals surface area (Å²) in [5, 5.41) is 24.3. The van der Waals surface area contributed by atoms with Crippen LogP contribution in [-0.4, -0.2) is 74.0 Å². The van der Waals surface area contributed by atoms with Crippen LogP contribution in [0.4, 0.5) is 10.2 Å². The number of phenols is 1. The lowest BCUT2D eigenvalue weighted by molar-refractivity contribution is 0.261. The molecule has 42 heavy (non-hydrogen) atoms. The van der Waals surface area contributed by atoms with Gasteiger partial charge in [0, 0.05) is 41.7 Å². The smallest absolute Gasteiger partial charge is 0.207 e. The Kier molecular flexibility index (Phi) is 5.82. The SMILES string of the molecule is C#Cc1cccc2cc(O)cc(-c3nnc4c(N5C[C@H]6CC[C@@H]5CN6)nc(C#CC56CCCN5CCC6)nc4c3F)c12. The van der Waals surface area contributed by atoms with Crippen LogP contribution < -0.4 is 10.2 Å². The van der Waals surface area contributed by atoms with Crippen molar-refractivity contribution in [3.8, 4) is 41.2 Å². The Hall–Kier alpha value is -4.31. The third kappa shape index (κ3) is 3.92. The molecule has 5 fully saturated rings. The molecule has 9 rings (SSSR count). The molecule has 9 heteroatoms. The van der Waals surface area contributed by atoms with Gasteiger partial charge in [0.25, 0.3) is 0 Å². The molecule has 4 aromatic rings. The predicted molar refractivity (Wildman–Crippen MR) is 159 cm³/mol. The van der Waals surface area contributed by atoms with Crippen LogP contribution >= 0.6 is 0 Å². The van der Waals surface area contributed by atoms with Gasteiger partial charge < -0.3 is 15.3 Å². The standard InChI is InChI=1S/C33H30FN7O/c1-2-20-6-3-7-21-16-24(42)17-25(27(20)21)29-28(34)30-31(39-38-29)32(41-19-22-8-9-23(41)18-35-22)37-26(36-30)10-13-33-11-4-14-40(33)15-5-12-33/h1,3,6-7,16-17,22-23,35,42H,4-5,8-9,11-12,14-15,18-19H2/t22-,23-/m1/s1. The normalized spacial score (nSPS) is 22.7. The molecular formula is C33H30FN7O. The fraction of sp³-hybridized carbons (Fsp3) is 0.394. The van der Waals surface area contributed by atoms with E-state index < -0.39 is 5.82 Å². The van der Waals surface area contributed by atoms with Gasteiger partial charge in [-0.1, -0.05) is 24.0 Å². The topological polar surface area (TPSA) is 90.3 Å². The van der Waals surface area contributed by atoms with E-state index in [0.717, 1.165) is 64.7 Å². The summed E-state index contributed by atoms with van der Waals surface area (Å²) in [6.45, 7) is 3.73. The number of aromatic nitrogens is 4. The van der Waals surface area contributed by atoms with Crippen LogP contribution in [-0.2, 0) is 0 Å². The summed E-state index contributed by atoms with van der Waals surface area (Å²) in [4.78, 5) is 14.3. The molecule has 7 heterocycles. The minimum absolute atomic E-state index is 0.0170. The summed E-state index contributed by atoms with van der Waals surface area (Å²) in [5.41, 5.74) is 1.17. The first-order chi connectivity index (χ1) is 20.5. The van der Waals surface area contributed by atoms with Crippen molar-refractivity contribution in [3.05, 3.63) is 47.5 Å². The Labute approximate surface area is 243 Å². The molecular weight excluding hydrogens is 529 g/mol. The monoisotopic (exact) mass is 559 g/mol. The number of nitrogens with one attached hydrogen (secondary N) is 1. The minimum atomic E-state index is -0.632. The third-order valence-electron chi connectivity index (χ3n) is 9.57. The van der Waals surface area contributed by atoms with Gasteiger partial charge in [-0.2, -0.15) is 0 Å². The number of anilines is 1. The zero-order valence-electron chi connectivity index (χ0n) is 23.2. The number of hydrogen-bond acceptors (Lipinski definition) is 8. The Balaban J connectivity index is 1.34. The maximum absolute atomic E-state index is 16.7. The average molecular weight is 560 g/mol. The second kappa shape index (κ2) is 9.62. The third-order valence-corrected chi connectivity index (χ3v) is 9.57. The number of piperidine rings is 2. The number of fused-ring (bicyclic) bond motifs is 6. The number of terminal acetylenes is 1. The molecule has 0 aliphatic carbocycles. The maximum atomic E-state index is 16.7. The summed E-state index contributed by atoms with van der Waals surface area (Å²) in [7, 11) is 0. The molecule has 2 bridgehead atoms. The van der Waals surface area contributed by atoms with E-state index in [1.807, 2.05) is 12.1 Å². The number of hydrogen-bond donors (Lipinski definition) is 2. The van der Waals surface area contributed by atoms with E-state index in [4.69, 9.17) is 11.4 Å². The highest BCUT2D eigenvalue weighted by Crippen LogP contribution is 2.39. The van der Waals surface area contributed by atoms with Crippen molar-refractivity contribution in [2.45, 2.75) is 56.1 Å². The van der Waals surface area contributed by atoms with Crippen LogP contribution in [0, 0.1) is 30.0 Å². The summed E-state index contributed by atoms with van der Waals surface area (Å²) < 4.78 is 16.7. The van der Waals surface area contributed by atoms with Gasteiger partial charge in [-0.05, 0) is 81.1 Å². The minimum Gasteiger partial charge on any atom is -0.508 e. The van der Waals surface area contributed by atoms with E-state index in [9.17, 15) is 5.11 Å². The van der Waals surface area contributed by atoms with Gasteiger partial charge >= 0.3 is 0 Å². The van der Waals surface area contributed by atoms with Crippen LogP contribution in [0.25, 0.3) is 33.1 Å². The van der Waals surface area contributed by atoms with Gasteiger partial charge in [0.2, 0.25) is 5.82 Å². The first kappa shape index (κ1) is 25.4. The lowest BCUT2D eigenvalue weighted by atomic mass is 9.93. The van der Waals surface area contributed by atoms with Crippen molar-refractivity contribution < 1.29 is 9.50 Å². The molecule has 2 N–H and O–H groups in total. The van der Waals surface area contributed by atoms with E-state index in [1.165, 1.54) is 6.07 Å². The van der Waals surface area contributed by atoms with E-state index >= 15 is 4.39 Å². The zero-order valence-corrected chi connectivity index (χ0v) is 23.2. The van der Waals surface area contributed by atoms with E-state index in [2.05, 4.69) is 48.1 Å². The molecule has 0 radical (unpaired) electrons. The summed E-state index contributed by atoms with van der Waals surface area (Å²) in [5.74, 6) is 9.70. The van der Waals surface area contributed by atoms with Crippen LogP contribution in [0.5, 0.6) is 5.75 Å². The number of halogens is 1. The fourth-order valence-corrected chi connectivity index (χ4v) is 7.54. The summed E-state index contributed by atoms with van der Waals surface area (Å²) in [6, 6.07) is 9.08. The van der Waals surface area contributed by atoms with Crippen molar-refractivity contribution in [2.24, 2.45) is 0 Å². The van der Waals surface area contributed by atoms with Gasteiger partial charge in [-0.3, -0.25) is 4.90 Å². The van der Waals surface area contributed by atoms with Gasteiger partial charge in [0.15, 0.2) is 17.2 Å². The number of nitrogens with zero attached hydrogens (tertiary/aromatic N) is 6. The Morgan fingerprint density at radius 1 is 1.07 bits per heavy atom. The summed E-state index contributed by atoms with van der Waals surface area (Å²) >= 11 is 0. The lowest BCUT2D eigenvalue weighted by Crippen LogP contribution is -2.61. The molecule has 0 spiro atoms. The number of aromatic hydroxyl groups is 1. The molecule has 5 aliphatic rings. The van der Waals surface area contributed by atoms with Crippen LogP contribution in [0.1, 0.15) is 49.9 Å². The van der Waals surface area contributed by atoms with Crippen molar-refractivity contribution in [2.75, 3.05) is 31.1 Å². The fourth-order valence-electron chi connectivity index (χ4n) is 7.54. The molecule has 5 saturated heterocycles. The molecule has 210 valence electrons. The Morgan fingerprint density at radius 3 is 2.67 bits per heavy atom. The Morgan fingerprint density at radius 2 is 1.93 bits per heavy atom. The van der Waals surface area contributed by atoms with Gasteiger partial charge in [0.1, 0.15) is 17.0 Å². The molecule has 0 saturated carbocycles. The zero-order chi connectivity index (χ0) is 28.4. The maximum Gasteiger partial charge on any atom is 0.207 e. The van der Waals surface area contributed by atoms with Crippen molar-refractivity contribution in [1.82, 2.24) is 30.4 Å². The molecule has 0 amide bonds. The number of piperazine rings is 1. The molecule has 2 aromatic heterocycles. The van der Waals surface area contributed by atoms with Crippen molar-refractivity contribution in [1.29, 1.82) is 0 Å².